The van der Waals surface area contributed by atoms with Crippen LogP contribution < -0.4 is 15.6 Å². The summed E-state index contributed by atoms with van der Waals surface area (Å²) < 4.78 is 18.8. The number of fused-ring (bicyclic) bond motifs is 1. The van der Waals surface area contributed by atoms with E-state index in [0.29, 0.717) is 37.8 Å². The number of hydrogen-bond donors (Lipinski definition) is 2. The molecule has 9 heteroatoms. The van der Waals surface area contributed by atoms with Crippen LogP contribution in [0.2, 0.25) is 0 Å². The van der Waals surface area contributed by atoms with E-state index in [9.17, 15) is 14.0 Å². The van der Waals surface area contributed by atoms with Gasteiger partial charge in [0, 0.05) is 11.4 Å². The van der Waals surface area contributed by atoms with E-state index in [1.807, 2.05) is 6.92 Å². The topological polar surface area (TPSA) is 84.1 Å². The van der Waals surface area contributed by atoms with Gasteiger partial charge in [-0.05, 0) is 55.7 Å². The molecule has 2 aromatic carbocycles. The Balaban J connectivity index is 1.52. The normalized spacial score (nSPS) is 11.1. The second-order valence-corrected chi connectivity index (χ2v) is 9.97. The van der Waals surface area contributed by atoms with Crippen molar-refractivity contribution in [1.82, 2.24) is 15.3 Å². The summed E-state index contributed by atoms with van der Waals surface area (Å²) in [4.78, 5) is 35.2. The first-order valence-corrected chi connectivity index (χ1v) is 12.4. The monoisotopic (exact) mass is 497 g/mol. The first-order valence-electron chi connectivity index (χ1n) is 10.6. The summed E-state index contributed by atoms with van der Waals surface area (Å²) in [5, 5.41) is 3.22. The van der Waals surface area contributed by atoms with Crippen molar-refractivity contribution in [3.05, 3.63) is 85.5 Å². The molecule has 0 saturated carbocycles. The fourth-order valence-corrected chi connectivity index (χ4v) is 5.68. The van der Waals surface area contributed by atoms with Crippen LogP contribution >= 0.6 is 23.1 Å². The molecule has 0 radical (unpaired) electrons. The van der Waals surface area contributed by atoms with Gasteiger partial charge in [-0.2, -0.15) is 0 Å². The Bertz CT molecular complexity index is 1450. The number of carbonyl (C=O) groups excluding carboxylic acids is 1. The van der Waals surface area contributed by atoms with Crippen molar-refractivity contribution in [3.63, 3.8) is 0 Å². The quantitative estimate of drug-likeness (QED) is 0.340. The zero-order valence-electron chi connectivity index (χ0n) is 19.2. The molecule has 0 aliphatic heterocycles. The lowest BCUT2D eigenvalue weighted by atomic mass is 10.2. The molecule has 0 aliphatic rings. The van der Waals surface area contributed by atoms with Crippen LogP contribution in [0.5, 0.6) is 5.75 Å². The number of aryl methyl sites for hydroxylation is 3. The van der Waals surface area contributed by atoms with Gasteiger partial charge in [-0.25, -0.2) is 9.37 Å². The zero-order chi connectivity index (χ0) is 24.4. The number of aromatic amines is 1. The van der Waals surface area contributed by atoms with Gasteiger partial charge < -0.3 is 15.0 Å². The van der Waals surface area contributed by atoms with E-state index in [4.69, 9.17) is 4.74 Å². The van der Waals surface area contributed by atoms with Crippen LogP contribution in [0, 0.1) is 26.6 Å². The number of benzene rings is 2. The third kappa shape index (κ3) is 5.00. The number of methoxy groups -OCH3 is 1. The van der Waals surface area contributed by atoms with E-state index in [1.165, 1.54) is 41.7 Å². The van der Waals surface area contributed by atoms with E-state index in [0.717, 1.165) is 4.90 Å². The fraction of sp³-hybridized carbons (Fsp3) is 0.240. The molecule has 0 atom stereocenters. The number of rotatable bonds is 7. The lowest BCUT2D eigenvalue weighted by Gasteiger charge is -2.07. The third-order valence-corrected chi connectivity index (χ3v) is 7.79. The molecule has 34 heavy (non-hydrogen) atoms. The molecule has 6 nitrogen and oxygen atoms in total. The first-order chi connectivity index (χ1) is 16.3. The highest BCUT2D eigenvalue weighted by atomic mass is 32.2. The highest BCUT2D eigenvalue weighted by Crippen LogP contribution is 2.29. The van der Waals surface area contributed by atoms with Crippen molar-refractivity contribution < 1.29 is 13.9 Å². The third-order valence-electron chi connectivity index (χ3n) is 5.43. The predicted molar refractivity (Wildman–Crippen MR) is 135 cm³/mol. The maximum Gasteiger partial charge on any atom is 0.261 e. The maximum absolute atomic E-state index is 13.9. The van der Waals surface area contributed by atoms with Gasteiger partial charge in [-0.3, -0.25) is 9.59 Å². The molecule has 176 valence electrons. The Kier molecular flexibility index (Phi) is 7.04. The van der Waals surface area contributed by atoms with Crippen LogP contribution in [0.3, 0.4) is 0 Å². The first kappa shape index (κ1) is 24.0. The summed E-state index contributed by atoms with van der Waals surface area (Å²) in [6, 6.07) is 10.8. The number of ether oxygens (including phenoxy) is 1. The molecule has 0 saturated heterocycles. The van der Waals surface area contributed by atoms with E-state index in [-0.39, 0.29) is 23.8 Å². The molecule has 2 N–H and O–H groups in total. The van der Waals surface area contributed by atoms with Crippen molar-refractivity contribution in [3.8, 4) is 5.75 Å². The van der Waals surface area contributed by atoms with Gasteiger partial charge >= 0.3 is 0 Å². The molecule has 4 rings (SSSR count). The number of halogens is 1. The second kappa shape index (κ2) is 9.99. The minimum atomic E-state index is -0.491. The summed E-state index contributed by atoms with van der Waals surface area (Å²) in [6.07, 6.45) is 0. The molecule has 0 spiro atoms. The standard InChI is InChI=1S/C25H24FN3O3S2/c1-13-5-6-14(2)19(9-13)33-12-20-28-23(30)21-15(3)22(34-25(21)29-20)24(31)27-11-16-7-8-18(32-4)17(26)10-16/h5-10H,11-12H2,1-4H3,(H,27,31)(H,28,29,30). The minimum absolute atomic E-state index is 0.146. The van der Waals surface area contributed by atoms with Crippen molar-refractivity contribution in [1.29, 1.82) is 0 Å². The average molecular weight is 498 g/mol. The SMILES string of the molecule is COc1ccc(CNC(=O)c2sc3nc(CSc4cc(C)ccc4C)[nH]c(=O)c3c2C)cc1F. The molecule has 0 aliphatic carbocycles. The van der Waals surface area contributed by atoms with Crippen LogP contribution in [0.25, 0.3) is 10.2 Å². The molecule has 2 aromatic heterocycles. The molecule has 0 fully saturated rings. The molecular formula is C25H24FN3O3S2. The number of H-pyrrole nitrogens is 1. The highest BCUT2D eigenvalue weighted by molar-refractivity contribution is 7.98. The summed E-state index contributed by atoms with van der Waals surface area (Å²) >= 11 is 2.80. The summed E-state index contributed by atoms with van der Waals surface area (Å²) in [5.41, 5.74) is 3.27. The lowest BCUT2D eigenvalue weighted by Crippen LogP contribution is -2.22. The van der Waals surface area contributed by atoms with Crippen LogP contribution in [0.1, 0.15) is 37.7 Å². The zero-order valence-corrected chi connectivity index (χ0v) is 20.9. The van der Waals surface area contributed by atoms with Crippen LogP contribution in [-0.4, -0.2) is 23.0 Å². The predicted octanol–water partition coefficient (Wildman–Crippen LogP) is 5.28. The summed E-state index contributed by atoms with van der Waals surface area (Å²) in [7, 11) is 1.40. The molecular weight excluding hydrogens is 473 g/mol. The van der Waals surface area contributed by atoms with Crippen molar-refractivity contribution in [2.45, 2.75) is 38.0 Å². The number of nitrogens with one attached hydrogen (secondary N) is 2. The van der Waals surface area contributed by atoms with Crippen LogP contribution in [0.15, 0.2) is 46.1 Å². The van der Waals surface area contributed by atoms with Gasteiger partial charge in [0.05, 0.1) is 23.1 Å². The van der Waals surface area contributed by atoms with Gasteiger partial charge in [-0.1, -0.05) is 23.8 Å². The Labute approximate surface area is 204 Å². The largest absolute Gasteiger partial charge is 0.494 e. The Morgan fingerprint density at radius 2 is 2.00 bits per heavy atom. The van der Waals surface area contributed by atoms with Crippen LogP contribution in [0.4, 0.5) is 4.39 Å². The molecule has 1 amide bonds. The van der Waals surface area contributed by atoms with E-state index in [1.54, 1.807) is 24.8 Å². The fourth-order valence-electron chi connectivity index (χ4n) is 3.56. The number of aromatic nitrogens is 2. The molecule has 0 unspecified atom stereocenters. The lowest BCUT2D eigenvalue weighted by molar-refractivity contribution is 0.0954. The Hall–Kier alpha value is -3.17. The molecule has 4 aromatic rings. The van der Waals surface area contributed by atoms with Gasteiger partial charge in [0.15, 0.2) is 11.6 Å². The number of thioether (sulfide) groups is 1. The van der Waals surface area contributed by atoms with Gasteiger partial charge in [0.25, 0.3) is 11.5 Å². The van der Waals surface area contributed by atoms with E-state index < -0.39 is 5.82 Å². The molecule has 0 bridgehead atoms. The average Bonchev–Trinajstić information content (AvgIpc) is 3.15. The minimum Gasteiger partial charge on any atom is -0.494 e. The van der Waals surface area contributed by atoms with E-state index >= 15 is 0 Å². The Morgan fingerprint density at radius 3 is 2.74 bits per heavy atom. The van der Waals surface area contributed by atoms with Gasteiger partial charge in [0.2, 0.25) is 0 Å². The highest BCUT2D eigenvalue weighted by Gasteiger charge is 2.19. The van der Waals surface area contributed by atoms with Gasteiger partial charge in [0.1, 0.15) is 10.7 Å². The Morgan fingerprint density at radius 1 is 1.21 bits per heavy atom. The summed E-state index contributed by atoms with van der Waals surface area (Å²) in [6.45, 7) is 5.98. The number of carbonyl (C=O) groups is 1. The van der Waals surface area contributed by atoms with Crippen LogP contribution in [-0.2, 0) is 12.3 Å². The number of thiophene rings is 1. The second-order valence-electron chi connectivity index (χ2n) is 7.96. The van der Waals surface area contributed by atoms with Crippen molar-refractivity contribution >= 4 is 39.2 Å². The smallest absolute Gasteiger partial charge is 0.261 e. The van der Waals surface area contributed by atoms with E-state index in [2.05, 4.69) is 40.4 Å². The van der Waals surface area contributed by atoms with Crippen molar-refractivity contribution in [2.24, 2.45) is 0 Å². The molecule has 2 heterocycles. The number of nitrogens with zero attached hydrogens (tertiary/aromatic N) is 1. The van der Waals surface area contributed by atoms with Gasteiger partial charge in [-0.15, -0.1) is 23.1 Å². The number of hydrogen-bond acceptors (Lipinski definition) is 6. The maximum atomic E-state index is 13.9. The number of amides is 1. The summed E-state index contributed by atoms with van der Waals surface area (Å²) in [5.74, 6) is 0.395. The van der Waals surface area contributed by atoms with Crippen molar-refractivity contribution in [2.75, 3.05) is 7.11 Å².